The molecule has 2 aliphatic heterocycles. The number of carbonyl (C=O) groups excluding carboxylic acids is 2. The Labute approximate surface area is 113 Å². The van der Waals surface area contributed by atoms with Gasteiger partial charge in [0.2, 0.25) is 5.76 Å². The number of carbonyl (C=O) groups is 3. The molecule has 0 spiro atoms. The van der Waals surface area contributed by atoms with Crippen molar-refractivity contribution in [1.82, 2.24) is 15.1 Å². The minimum absolute atomic E-state index is 0.00753. The highest BCUT2D eigenvalue weighted by Gasteiger charge is 2.37. The lowest BCUT2D eigenvalue weighted by atomic mass is 10.2. The zero-order valence-electron chi connectivity index (χ0n) is 10.5. The fourth-order valence-electron chi connectivity index (χ4n) is 2.51. The highest BCUT2D eigenvalue weighted by molar-refractivity contribution is 5.93. The number of nitrogens with one attached hydrogen (secondary N) is 1. The van der Waals surface area contributed by atoms with Gasteiger partial charge < -0.3 is 24.6 Å². The van der Waals surface area contributed by atoms with Crippen LogP contribution in [0.25, 0.3) is 0 Å². The van der Waals surface area contributed by atoms with Crippen molar-refractivity contribution in [2.75, 3.05) is 26.2 Å². The van der Waals surface area contributed by atoms with Crippen LogP contribution in [0, 0.1) is 0 Å². The summed E-state index contributed by atoms with van der Waals surface area (Å²) in [4.78, 5) is 37.7. The SMILES string of the molecule is O=C(O)c1ccc(C(=O)N2CCN3C(=O)NCC3C2)o1. The summed E-state index contributed by atoms with van der Waals surface area (Å²) >= 11 is 0. The van der Waals surface area contributed by atoms with Crippen molar-refractivity contribution in [2.24, 2.45) is 0 Å². The van der Waals surface area contributed by atoms with Crippen LogP contribution < -0.4 is 5.32 Å². The van der Waals surface area contributed by atoms with E-state index < -0.39 is 5.97 Å². The first kappa shape index (κ1) is 12.5. The van der Waals surface area contributed by atoms with E-state index in [0.29, 0.717) is 26.2 Å². The Balaban J connectivity index is 1.71. The molecule has 0 bridgehead atoms. The molecule has 2 aliphatic rings. The third-order valence-corrected chi connectivity index (χ3v) is 3.55. The third kappa shape index (κ3) is 1.98. The molecule has 106 valence electrons. The van der Waals surface area contributed by atoms with E-state index in [1.165, 1.54) is 12.1 Å². The fourth-order valence-corrected chi connectivity index (χ4v) is 2.51. The van der Waals surface area contributed by atoms with E-state index in [1.807, 2.05) is 0 Å². The first-order valence-electron chi connectivity index (χ1n) is 6.23. The lowest BCUT2D eigenvalue weighted by Gasteiger charge is -2.35. The lowest BCUT2D eigenvalue weighted by Crippen LogP contribution is -2.53. The van der Waals surface area contributed by atoms with Crippen LogP contribution >= 0.6 is 0 Å². The van der Waals surface area contributed by atoms with Gasteiger partial charge in [-0.1, -0.05) is 0 Å². The van der Waals surface area contributed by atoms with Gasteiger partial charge in [0, 0.05) is 26.2 Å². The van der Waals surface area contributed by atoms with E-state index in [9.17, 15) is 14.4 Å². The molecule has 1 aromatic heterocycles. The van der Waals surface area contributed by atoms with Crippen molar-refractivity contribution >= 4 is 17.9 Å². The third-order valence-electron chi connectivity index (χ3n) is 3.55. The normalized spacial score (nSPS) is 21.6. The number of urea groups is 1. The number of rotatable bonds is 2. The van der Waals surface area contributed by atoms with Gasteiger partial charge in [0.15, 0.2) is 5.76 Å². The Morgan fingerprint density at radius 3 is 2.75 bits per heavy atom. The van der Waals surface area contributed by atoms with Crippen LogP contribution in [0.5, 0.6) is 0 Å². The second-order valence-corrected chi connectivity index (χ2v) is 4.75. The number of carboxylic acid groups (broad SMARTS) is 1. The van der Waals surface area contributed by atoms with Crippen LogP contribution in [0.15, 0.2) is 16.5 Å². The first-order valence-corrected chi connectivity index (χ1v) is 6.23. The summed E-state index contributed by atoms with van der Waals surface area (Å²) in [5.74, 6) is -1.81. The topological polar surface area (TPSA) is 103 Å². The maximum absolute atomic E-state index is 12.2. The molecule has 3 amide bonds. The molecule has 3 heterocycles. The van der Waals surface area contributed by atoms with Crippen molar-refractivity contribution < 1.29 is 23.9 Å². The van der Waals surface area contributed by atoms with Crippen LogP contribution in [0.3, 0.4) is 0 Å². The predicted molar refractivity (Wildman–Crippen MR) is 65.5 cm³/mol. The van der Waals surface area contributed by atoms with Crippen LogP contribution in [-0.4, -0.2) is 65.0 Å². The summed E-state index contributed by atoms with van der Waals surface area (Å²) < 4.78 is 5.01. The largest absolute Gasteiger partial charge is 0.475 e. The Morgan fingerprint density at radius 1 is 1.30 bits per heavy atom. The number of nitrogens with zero attached hydrogens (tertiary/aromatic N) is 2. The van der Waals surface area contributed by atoms with E-state index >= 15 is 0 Å². The molecule has 20 heavy (non-hydrogen) atoms. The number of hydrogen-bond acceptors (Lipinski definition) is 4. The van der Waals surface area contributed by atoms with Crippen LogP contribution in [0.1, 0.15) is 21.1 Å². The van der Waals surface area contributed by atoms with Gasteiger partial charge in [-0.15, -0.1) is 0 Å². The number of amides is 3. The monoisotopic (exact) mass is 279 g/mol. The Hall–Kier alpha value is -2.51. The fraction of sp³-hybridized carbons (Fsp3) is 0.417. The number of fused-ring (bicyclic) bond motifs is 1. The number of aromatic carboxylic acids is 1. The number of piperazine rings is 1. The average Bonchev–Trinajstić information content (AvgIpc) is 3.05. The van der Waals surface area contributed by atoms with E-state index in [1.54, 1.807) is 9.80 Å². The van der Waals surface area contributed by atoms with Crippen molar-refractivity contribution in [3.8, 4) is 0 Å². The summed E-state index contributed by atoms with van der Waals surface area (Å²) in [5.41, 5.74) is 0. The van der Waals surface area contributed by atoms with Gasteiger partial charge in [0.1, 0.15) is 0 Å². The Bertz CT molecular complexity index is 581. The molecular weight excluding hydrogens is 266 g/mol. The molecule has 3 rings (SSSR count). The molecule has 8 heteroatoms. The first-order chi connectivity index (χ1) is 9.56. The molecule has 1 unspecified atom stereocenters. The molecule has 2 N–H and O–H groups in total. The molecule has 0 aliphatic carbocycles. The molecule has 0 saturated carbocycles. The van der Waals surface area contributed by atoms with Gasteiger partial charge >= 0.3 is 12.0 Å². The van der Waals surface area contributed by atoms with Crippen molar-refractivity contribution in [3.05, 3.63) is 23.7 Å². The van der Waals surface area contributed by atoms with Crippen molar-refractivity contribution in [3.63, 3.8) is 0 Å². The summed E-state index contributed by atoms with van der Waals surface area (Å²) in [5, 5.41) is 11.5. The van der Waals surface area contributed by atoms with E-state index in [4.69, 9.17) is 9.52 Å². The molecule has 0 radical (unpaired) electrons. The summed E-state index contributed by atoms with van der Waals surface area (Å²) in [7, 11) is 0. The smallest absolute Gasteiger partial charge is 0.371 e. The minimum Gasteiger partial charge on any atom is -0.475 e. The molecule has 2 fully saturated rings. The number of hydrogen-bond donors (Lipinski definition) is 2. The quantitative estimate of drug-likeness (QED) is 0.782. The highest BCUT2D eigenvalue weighted by Crippen LogP contribution is 2.17. The maximum Gasteiger partial charge on any atom is 0.371 e. The molecular formula is C12H13N3O5. The van der Waals surface area contributed by atoms with Gasteiger partial charge in [0.05, 0.1) is 6.04 Å². The van der Waals surface area contributed by atoms with Gasteiger partial charge in [-0.2, -0.15) is 0 Å². The van der Waals surface area contributed by atoms with Gasteiger partial charge in [0.25, 0.3) is 5.91 Å². The highest BCUT2D eigenvalue weighted by atomic mass is 16.4. The molecule has 2 saturated heterocycles. The van der Waals surface area contributed by atoms with E-state index in [-0.39, 0.29) is 29.5 Å². The summed E-state index contributed by atoms with van der Waals surface area (Å²) in [6.45, 7) is 1.81. The minimum atomic E-state index is -1.21. The Morgan fingerprint density at radius 2 is 2.05 bits per heavy atom. The van der Waals surface area contributed by atoms with Gasteiger partial charge in [-0.3, -0.25) is 4.79 Å². The maximum atomic E-state index is 12.2. The molecule has 0 aromatic carbocycles. The summed E-state index contributed by atoms with van der Waals surface area (Å²) in [6, 6.07) is 2.48. The lowest BCUT2D eigenvalue weighted by molar-refractivity contribution is 0.0574. The zero-order chi connectivity index (χ0) is 14.3. The second-order valence-electron chi connectivity index (χ2n) is 4.75. The summed E-state index contributed by atoms with van der Waals surface area (Å²) in [6.07, 6.45) is 0. The predicted octanol–water partition coefficient (Wildman–Crippen LogP) is -0.173. The van der Waals surface area contributed by atoms with Crippen molar-refractivity contribution in [1.29, 1.82) is 0 Å². The number of furan rings is 1. The molecule has 1 aromatic rings. The van der Waals surface area contributed by atoms with E-state index in [0.717, 1.165) is 0 Å². The van der Waals surface area contributed by atoms with Crippen LogP contribution in [-0.2, 0) is 0 Å². The zero-order valence-corrected chi connectivity index (χ0v) is 10.5. The molecule has 8 nitrogen and oxygen atoms in total. The van der Waals surface area contributed by atoms with Crippen molar-refractivity contribution in [2.45, 2.75) is 6.04 Å². The second kappa shape index (κ2) is 4.55. The van der Waals surface area contributed by atoms with Crippen LogP contribution in [0.4, 0.5) is 4.79 Å². The van der Waals surface area contributed by atoms with Gasteiger partial charge in [-0.25, -0.2) is 9.59 Å². The number of carboxylic acids is 1. The molecule has 1 atom stereocenters. The van der Waals surface area contributed by atoms with Gasteiger partial charge in [-0.05, 0) is 12.1 Å². The standard InChI is InChI=1S/C12H13N3O5/c16-10(8-1-2-9(20-8)11(17)18)14-3-4-15-7(6-14)5-13-12(15)19/h1-2,7H,3-6H2,(H,13,19)(H,17,18). The van der Waals surface area contributed by atoms with E-state index in [2.05, 4.69) is 5.32 Å². The Kier molecular flexibility index (Phi) is 2.85. The van der Waals surface area contributed by atoms with Crippen LogP contribution in [0.2, 0.25) is 0 Å². The average molecular weight is 279 g/mol.